The fourth-order valence-corrected chi connectivity index (χ4v) is 2.87. The summed E-state index contributed by atoms with van der Waals surface area (Å²) in [5.74, 6) is 0.978. The van der Waals surface area contributed by atoms with E-state index in [-0.39, 0.29) is 0 Å². The van der Waals surface area contributed by atoms with Gasteiger partial charge in [-0.1, -0.05) is 6.92 Å². The number of nitrogens with zero attached hydrogens (tertiary/aromatic N) is 4. The van der Waals surface area contributed by atoms with E-state index in [0.717, 1.165) is 24.4 Å². The molecule has 1 aliphatic rings. The second kappa shape index (κ2) is 4.69. The largest absolute Gasteiger partial charge is 0.300 e. The molecule has 0 bridgehead atoms. The highest BCUT2D eigenvalue weighted by atomic mass is 15.3. The van der Waals surface area contributed by atoms with Crippen molar-refractivity contribution in [1.82, 2.24) is 19.5 Å². The Morgan fingerprint density at radius 3 is 3.17 bits per heavy atom. The van der Waals surface area contributed by atoms with Gasteiger partial charge in [-0.15, -0.1) is 0 Å². The normalized spacial score (nSPS) is 20.9. The fraction of sp³-hybridized carbons (Fsp3) is 0.571. The minimum atomic E-state index is 0.633. The molecule has 1 fully saturated rings. The molecule has 96 valence electrons. The van der Waals surface area contributed by atoms with Gasteiger partial charge in [-0.05, 0) is 50.6 Å². The van der Waals surface area contributed by atoms with Crippen LogP contribution in [-0.4, -0.2) is 38.6 Å². The topological polar surface area (TPSA) is 33.4 Å². The molecule has 0 aromatic carbocycles. The van der Waals surface area contributed by atoms with E-state index in [1.54, 1.807) is 0 Å². The number of likely N-dealkylation sites (tertiary alicyclic amines) is 1. The Morgan fingerprint density at radius 2 is 2.33 bits per heavy atom. The molecule has 2 aromatic heterocycles. The van der Waals surface area contributed by atoms with Crippen molar-refractivity contribution in [3.05, 3.63) is 29.7 Å². The van der Waals surface area contributed by atoms with E-state index in [9.17, 15) is 0 Å². The van der Waals surface area contributed by atoms with Gasteiger partial charge in [0.25, 0.3) is 0 Å². The number of fused-ring (bicyclic) bond motifs is 1. The van der Waals surface area contributed by atoms with Crippen molar-refractivity contribution in [2.24, 2.45) is 0 Å². The van der Waals surface area contributed by atoms with Crippen LogP contribution in [0, 0.1) is 6.92 Å². The third kappa shape index (κ3) is 2.12. The van der Waals surface area contributed by atoms with Crippen molar-refractivity contribution in [2.75, 3.05) is 13.1 Å². The third-order valence-electron chi connectivity index (χ3n) is 3.86. The minimum Gasteiger partial charge on any atom is -0.300 e. The molecule has 2 aromatic rings. The van der Waals surface area contributed by atoms with E-state index in [1.165, 1.54) is 24.9 Å². The Balaban J connectivity index is 1.82. The van der Waals surface area contributed by atoms with Crippen LogP contribution in [-0.2, 0) is 6.42 Å². The molecule has 3 heterocycles. The average Bonchev–Trinajstić information content (AvgIpc) is 2.94. The van der Waals surface area contributed by atoms with Crippen LogP contribution < -0.4 is 0 Å². The summed E-state index contributed by atoms with van der Waals surface area (Å²) in [4.78, 5) is 7.17. The lowest BCUT2D eigenvalue weighted by Crippen LogP contribution is -2.31. The van der Waals surface area contributed by atoms with Gasteiger partial charge in [0.05, 0.1) is 0 Å². The van der Waals surface area contributed by atoms with Gasteiger partial charge in [0.15, 0.2) is 11.5 Å². The monoisotopic (exact) mass is 244 g/mol. The second-order valence-corrected chi connectivity index (χ2v) is 5.16. The number of rotatable bonds is 3. The molecule has 0 aliphatic carbocycles. The Morgan fingerprint density at radius 1 is 1.44 bits per heavy atom. The molecule has 1 atom stereocenters. The van der Waals surface area contributed by atoms with E-state index in [2.05, 4.69) is 41.0 Å². The van der Waals surface area contributed by atoms with Gasteiger partial charge in [0.1, 0.15) is 0 Å². The molecule has 1 unspecified atom stereocenters. The van der Waals surface area contributed by atoms with Crippen LogP contribution in [0.4, 0.5) is 0 Å². The SMILES string of the molecule is CCN1CCCC1Cc1nc2cc(C)ccn2n1. The smallest absolute Gasteiger partial charge is 0.155 e. The van der Waals surface area contributed by atoms with Crippen LogP contribution in [0.5, 0.6) is 0 Å². The van der Waals surface area contributed by atoms with E-state index in [1.807, 2.05) is 10.7 Å². The summed E-state index contributed by atoms with van der Waals surface area (Å²) in [7, 11) is 0. The van der Waals surface area contributed by atoms with Crippen molar-refractivity contribution in [1.29, 1.82) is 0 Å². The number of aromatic nitrogens is 3. The summed E-state index contributed by atoms with van der Waals surface area (Å²) in [5, 5.41) is 4.56. The summed E-state index contributed by atoms with van der Waals surface area (Å²) >= 11 is 0. The highest BCUT2D eigenvalue weighted by Gasteiger charge is 2.24. The Bertz CT molecular complexity index is 546. The molecule has 18 heavy (non-hydrogen) atoms. The number of aryl methyl sites for hydroxylation is 1. The van der Waals surface area contributed by atoms with Crippen LogP contribution in [0.2, 0.25) is 0 Å². The molecule has 0 radical (unpaired) electrons. The average molecular weight is 244 g/mol. The van der Waals surface area contributed by atoms with Crippen LogP contribution >= 0.6 is 0 Å². The van der Waals surface area contributed by atoms with Crippen molar-refractivity contribution < 1.29 is 0 Å². The molecule has 1 saturated heterocycles. The van der Waals surface area contributed by atoms with E-state index in [0.29, 0.717) is 6.04 Å². The lowest BCUT2D eigenvalue weighted by molar-refractivity contribution is 0.263. The maximum atomic E-state index is 4.63. The van der Waals surface area contributed by atoms with Crippen molar-refractivity contribution in [2.45, 2.75) is 39.2 Å². The predicted octanol–water partition coefficient (Wildman–Crippen LogP) is 2.06. The molecule has 0 amide bonds. The second-order valence-electron chi connectivity index (χ2n) is 5.16. The highest BCUT2D eigenvalue weighted by Crippen LogP contribution is 2.19. The zero-order chi connectivity index (χ0) is 12.5. The van der Waals surface area contributed by atoms with Gasteiger partial charge < -0.3 is 4.90 Å². The van der Waals surface area contributed by atoms with Crippen LogP contribution in [0.25, 0.3) is 5.65 Å². The maximum absolute atomic E-state index is 4.63. The molecular formula is C14H20N4. The van der Waals surface area contributed by atoms with Gasteiger partial charge in [-0.3, -0.25) is 0 Å². The van der Waals surface area contributed by atoms with Crippen molar-refractivity contribution >= 4 is 5.65 Å². The molecule has 0 N–H and O–H groups in total. The maximum Gasteiger partial charge on any atom is 0.155 e. The van der Waals surface area contributed by atoms with Crippen molar-refractivity contribution in [3.8, 4) is 0 Å². The van der Waals surface area contributed by atoms with Gasteiger partial charge in [-0.25, -0.2) is 9.50 Å². The summed E-state index contributed by atoms with van der Waals surface area (Å²) in [6.07, 6.45) is 5.56. The van der Waals surface area contributed by atoms with Gasteiger partial charge >= 0.3 is 0 Å². The van der Waals surface area contributed by atoms with Crippen molar-refractivity contribution in [3.63, 3.8) is 0 Å². The fourth-order valence-electron chi connectivity index (χ4n) is 2.87. The number of pyridine rings is 1. The molecule has 0 spiro atoms. The zero-order valence-electron chi connectivity index (χ0n) is 11.1. The van der Waals surface area contributed by atoms with Crippen LogP contribution in [0.3, 0.4) is 0 Å². The van der Waals surface area contributed by atoms with E-state index in [4.69, 9.17) is 0 Å². The Kier molecular flexibility index (Phi) is 3.04. The van der Waals surface area contributed by atoms with Gasteiger partial charge in [0, 0.05) is 18.7 Å². The van der Waals surface area contributed by atoms with Gasteiger partial charge in [-0.2, -0.15) is 5.10 Å². The molecule has 0 saturated carbocycles. The first-order valence-corrected chi connectivity index (χ1v) is 6.82. The molecular weight excluding hydrogens is 224 g/mol. The van der Waals surface area contributed by atoms with Crippen LogP contribution in [0.15, 0.2) is 18.3 Å². The first-order chi connectivity index (χ1) is 8.76. The Hall–Kier alpha value is -1.42. The predicted molar refractivity (Wildman–Crippen MR) is 71.7 cm³/mol. The summed E-state index contributed by atoms with van der Waals surface area (Å²) in [5.41, 5.74) is 2.20. The first-order valence-electron chi connectivity index (χ1n) is 6.82. The van der Waals surface area contributed by atoms with E-state index < -0.39 is 0 Å². The zero-order valence-corrected chi connectivity index (χ0v) is 11.1. The van der Waals surface area contributed by atoms with Crippen LogP contribution in [0.1, 0.15) is 31.2 Å². The quantitative estimate of drug-likeness (QED) is 0.828. The van der Waals surface area contributed by atoms with Gasteiger partial charge in [0.2, 0.25) is 0 Å². The summed E-state index contributed by atoms with van der Waals surface area (Å²) in [6, 6.07) is 4.79. The first kappa shape index (κ1) is 11.7. The lowest BCUT2D eigenvalue weighted by atomic mass is 10.1. The van der Waals surface area contributed by atoms with E-state index >= 15 is 0 Å². The highest BCUT2D eigenvalue weighted by molar-refractivity contribution is 5.40. The molecule has 1 aliphatic heterocycles. The number of hydrogen-bond acceptors (Lipinski definition) is 3. The number of hydrogen-bond donors (Lipinski definition) is 0. The molecule has 4 heteroatoms. The minimum absolute atomic E-state index is 0.633. The Labute approximate surface area is 108 Å². The molecule has 3 rings (SSSR count). The lowest BCUT2D eigenvalue weighted by Gasteiger charge is -2.21. The molecule has 4 nitrogen and oxygen atoms in total. The summed E-state index contributed by atoms with van der Waals surface area (Å²) in [6.45, 7) is 6.69. The number of likely N-dealkylation sites (N-methyl/N-ethyl adjacent to an activating group) is 1. The summed E-state index contributed by atoms with van der Waals surface area (Å²) < 4.78 is 1.88. The third-order valence-corrected chi connectivity index (χ3v) is 3.86. The standard InChI is InChI=1S/C14H20N4/c1-3-17-7-4-5-12(17)10-13-15-14-9-11(2)6-8-18(14)16-13/h6,8-9,12H,3-5,7,10H2,1-2H3.